The average molecular weight is 716 g/mol. The Morgan fingerprint density at radius 1 is 0.500 bits per heavy atom. The zero-order chi connectivity index (χ0) is 31.1. The maximum Gasteiger partial charge on any atom is 0.514 e. The highest BCUT2D eigenvalue weighted by Gasteiger charge is 2.25. The predicted octanol–water partition coefficient (Wildman–Crippen LogP) is 11.3. The first-order valence-corrected chi connectivity index (χ1v) is 15.8. The van der Waals surface area contributed by atoms with E-state index < -0.39 is 12.3 Å². The Morgan fingerprint density at radius 3 is 1.20 bits per heavy atom. The van der Waals surface area contributed by atoms with Crippen LogP contribution in [-0.4, -0.2) is 24.5 Å². The maximum atomic E-state index is 12.8. The normalized spacial score (nSPS) is 11.5. The first kappa shape index (κ1) is 29.9. The molecule has 0 spiro atoms. The van der Waals surface area contributed by atoms with Crippen molar-refractivity contribution in [2.75, 3.05) is 0 Å². The lowest BCUT2D eigenvalue weighted by Gasteiger charge is -2.21. The number of halogens is 2. The summed E-state index contributed by atoms with van der Waals surface area (Å²) in [7, 11) is 0. The molecule has 0 aliphatic rings. The molecule has 0 saturated carbocycles. The van der Waals surface area contributed by atoms with Gasteiger partial charge in [-0.25, -0.2) is 9.59 Å². The summed E-state index contributed by atoms with van der Waals surface area (Å²) in [6, 6.07) is 27.5. The van der Waals surface area contributed by atoms with Gasteiger partial charge < -0.3 is 18.9 Å². The van der Waals surface area contributed by atoms with E-state index in [0.717, 1.165) is 63.2 Å². The van der Waals surface area contributed by atoms with Gasteiger partial charge in [0.25, 0.3) is 0 Å². The zero-order valence-corrected chi connectivity index (χ0v) is 27.6. The van der Waals surface area contributed by atoms with Crippen molar-refractivity contribution in [3.05, 3.63) is 93.9 Å². The van der Waals surface area contributed by atoms with Crippen LogP contribution >= 0.6 is 31.9 Å². The largest absolute Gasteiger partial charge is 0.514 e. The second-order valence-electron chi connectivity index (χ2n) is 10.9. The van der Waals surface area contributed by atoms with Crippen LogP contribution in [0.1, 0.15) is 27.7 Å². The van der Waals surface area contributed by atoms with Gasteiger partial charge in [0.05, 0.1) is 12.2 Å². The second-order valence-corrected chi connectivity index (χ2v) is 12.7. The van der Waals surface area contributed by atoms with Crippen molar-refractivity contribution >= 4 is 87.3 Å². The van der Waals surface area contributed by atoms with E-state index in [0.29, 0.717) is 11.5 Å². The molecule has 0 saturated heterocycles. The fourth-order valence-corrected chi connectivity index (χ4v) is 6.30. The molecule has 6 aromatic rings. The van der Waals surface area contributed by atoms with Crippen molar-refractivity contribution in [1.82, 2.24) is 0 Å². The van der Waals surface area contributed by atoms with Gasteiger partial charge >= 0.3 is 12.3 Å². The van der Waals surface area contributed by atoms with Gasteiger partial charge in [-0.05, 0) is 96.8 Å². The summed E-state index contributed by atoms with van der Waals surface area (Å²) in [4.78, 5) is 25.6. The number of carbonyl (C=O) groups is 2. The van der Waals surface area contributed by atoms with Crippen molar-refractivity contribution in [2.45, 2.75) is 39.9 Å². The summed E-state index contributed by atoms with van der Waals surface area (Å²) >= 11 is 7.34. The van der Waals surface area contributed by atoms with E-state index in [1.165, 1.54) is 0 Å². The molecule has 44 heavy (non-hydrogen) atoms. The Kier molecular flexibility index (Phi) is 8.22. The van der Waals surface area contributed by atoms with Gasteiger partial charge in [0.2, 0.25) is 0 Å². The lowest BCUT2D eigenvalue weighted by molar-refractivity contribution is 0.0725. The fraction of sp³-hybridized carbons (Fsp3) is 0.167. The molecule has 0 bridgehead atoms. The minimum Gasteiger partial charge on any atom is -0.431 e. The monoisotopic (exact) mass is 714 g/mol. The van der Waals surface area contributed by atoms with E-state index >= 15 is 0 Å². The summed E-state index contributed by atoms with van der Waals surface area (Å²) in [5.74, 6) is 0.840. The highest BCUT2D eigenvalue weighted by atomic mass is 79.9. The highest BCUT2D eigenvalue weighted by molar-refractivity contribution is 9.10. The molecule has 0 aromatic heterocycles. The van der Waals surface area contributed by atoms with Gasteiger partial charge in [-0.3, -0.25) is 0 Å². The fourth-order valence-electron chi connectivity index (χ4n) is 5.58. The van der Waals surface area contributed by atoms with Gasteiger partial charge in [0.15, 0.2) is 0 Å². The van der Waals surface area contributed by atoms with Crippen LogP contribution in [0.15, 0.2) is 93.9 Å². The van der Waals surface area contributed by atoms with E-state index in [4.69, 9.17) is 18.9 Å². The number of benzene rings is 6. The molecular weight excluding hydrogens is 688 g/mol. The Bertz CT molecular complexity index is 1950. The van der Waals surface area contributed by atoms with E-state index in [-0.39, 0.29) is 12.2 Å². The Morgan fingerprint density at radius 2 is 0.841 bits per heavy atom. The zero-order valence-electron chi connectivity index (χ0n) is 24.4. The number of hydrogen-bond donors (Lipinski definition) is 0. The summed E-state index contributed by atoms with van der Waals surface area (Å²) in [5, 5.41) is 6.49. The molecule has 0 atom stereocenters. The summed E-state index contributed by atoms with van der Waals surface area (Å²) < 4.78 is 24.3. The third-order valence-electron chi connectivity index (χ3n) is 7.16. The molecule has 0 N–H and O–H groups in total. The molecule has 0 aliphatic carbocycles. The van der Waals surface area contributed by atoms with Crippen LogP contribution in [-0.2, 0) is 9.47 Å². The van der Waals surface area contributed by atoms with Gasteiger partial charge in [-0.1, -0.05) is 80.4 Å². The van der Waals surface area contributed by atoms with Crippen LogP contribution in [0.2, 0.25) is 0 Å². The Balaban J connectivity index is 1.76. The molecule has 6 aromatic carbocycles. The molecule has 0 radical (unpaired) electrons. The molecule has 0 unspecified atom stereocenters. The maximum absolute atomic E-state index is 12.8. The van der Waals surface area contributed by atoms with E-state index in [9.17, 15) is 9.59 Å². The number of ether oxygens (including phenoxy) is 4. The van der Waals surface area contributed by atoms with Crippen molar-refractivity contribution in [2.24, 2.45) is 0 Å². The van der Waals surface area contributed by atoms with Crippen LogP contribution in [0, 0.1) is 0 Å². The number of rotatable bonds is 5. The molecular formula is C36H28Br2O6. The van der Waals surface area contributed by atoms with Crippen LogP contribution in [0.3, 0.4) is 0 Å². The van der Waals surface area contributed by atoms with Crippen molar-refractivity contribution in [3.8, 4) is 22.6 Å². The van der Waals surface area contributed by atoms with Crippen molar-refractivity contribution in [3.63, 3.8) is 0 Å². The van der Waals surface area contributed by atoms with Crippen LogP contribution in [0.4, 0.5) is 9.59 Å². The van der Waals surface area contributed by atoms with Gasteiger partial charge in [-0.2, -0.15) is 0 Å². The molecule has 6 nitrogen and oxygen atoms in total. The third kappa shape index (κ3) is 5.60. The Hall–Kier alpha value is -4.14. The molecule has 222 valence electrons. The smallest absolute Gasteiger partial charge is 0.431 e. The number of carbonyl (C=O) groups excluding carboxylic acids is 2. The van der Waals surface area contributed by atoms with Gasteiger partial charge in [-0.15, -0.1) is 0 Å². The van der Waals surface area contributed by atoms with Crippen LogP contribution in [0.25, 0.3) is 54.2 Å². The second kappa shape index (κ2) is 12.1. The molecule has 0 aliphatic heterocycles. The van der Waals surface area contributed by atoms with E-state index in [1.807, 2.05) is 84.9 Å². The van der Waals surface area contributed by atoms with E-state index in [1.54, 1.807) is 27.7 Å². The lowest BCUT2D eigenvalue weighted by Crippen LogP contribution is -2.16. The number of hydrogen-bond acceptors (Lipinski definition) is 6. The van der Waals surface area contributed by atoms with Crippen LogP contribution < -0.4 is 9.47 Å². The molecule has 0 amide bonds. The molecule has 0 fully saturated rings. The molecule has 6 rings (SSSR count). The number of fused-ring (bicyclic) bond motifs is 4. The topological polar surface area (TPSA) is 71.1 Å². The van der Waals surface area contributed by atoms with Gasteiger partial charge in [0, 0.05) is 30.5 Å². The summed E-state index contributed by atoms with van der Waals surface area (Å²) in [5.41, 5.74) is 1.88. The standard InChI is InChI=1S/C36H28Br2O6/c1-19(2)41-35(39)43-33-25-11-7-5-9-23(25)31(29-17-21(37)13-15-27(29)33)32-24-10-6-8-12-26(24)34(44-36(40)42-20(3)4)28-16-14-22(38)18-30(28)32/h5-20H,1-4H3. The van der Waals surface area contributed by atoms with Crippen LogP contribution in [0.5, 0.6) is 11.5 Å². The molecule has 8 heteroatoms. The van der Waals surface area contributed by atoms with Crippen molar-refractivity contribution in [1.29, 1.82) is 0 Å². The Labute approximate surface area is 271 Å². The third-order valence-corrected chi connectivity index (χ3v) is 8.14. The molecule has 0 heterocycles. The van der Waals surface area contributed by atoms with Gasteiger partial charge in [0.1, 0.15) is 11.5 Å². The first-order valence-electron chi connectivity index (χ1n) is 14.2. The SMILES string of the molecule is CC(C)OC(=O)Oc1c2ccccc2c(-c2c3ccccc3c(OC(=O)OC(C)C)c3ccc(Br)cc23)c2cc(Br)ccc12. The first-order chi connectivity index (χ1) is 21.1. The lowest BCUT2D eigenvalue weighted by atomic mass is 9.85. The average Bonchev–Trinajstić information content (AvgIpc) is 2.97. The van der Waals surface area contributed by atoms with Crippen molar-refractivity contribution < 1.29 is 28.5 Å². The quantitative estimate of drug-likeness (QED) is 0.100. The van der Waals surface area contributed by atoms with E-state index in [2.05, 4.69) is 31.9 Å². The predicted molar refractivity (Wildman–Crippen MR) is 182 cm³/mol. The minimum absolute atomic E-state index is 0.330. The summed E-state index contributed by atoms with van der Waals surface area (Å²) in [6.07, 6.45) is -2.19. The minimum atomic E-state index is -0.767. The summed E-state index contributed by atoms with van der Waals surface area (Å²) in [6.45, 7) is 7.12. The highest BCUT2D eigenvalue weighted by Crippen LogP contribution is 2.50.